The number of methoxy groups -OCH3 is 1. The van der Waals surface area contributed by atoms with Gasteiger partial charge in [0.1, 0.15) is 6.61 Å². The van der Waals surface area contributed by atoms with Gasteiger partial charge in [0.15, 0.2) is 11.5 Å². The topological polar surface area (TPSA) is 103 Å². The molecular weight excluding hydrogens is 418 g/mol. The predicted octanol–water partition coefficient (Wildman–Crippen LogP) is 3.14. The Morgan fingerprint density at radius 2 is 2.22 bits per heavy atom. The summed E-state index contributed by atoms with van der Waals surface area (Å²) < 4.78 is 11.5. The van der Waals surface area contributed by atoms with Crippen molar-refractivity contribution in [2.24, 2.45) is 5.10 Å². The number of hydrazone groups is 1. The number of amides is 1. The molecule has 2 aromatic carbocycles. The molecule has 0 bridgehead atoms. The van der Waals surface area contributed by atoms with Gasteiger partial charge in [-0.3, -0.25) is 14.9 Å². The number of terminal acetylenes is 1. The minimum Gasteiger partial charge on any atom is -0.493 e. The SMILES string of the molecule is C#CCOc1c(/C=N\NC(=O)c2cccc([N+](=O)[O-])c2)cc(Br)cc1OC. The molecule has 0 aliphatic rings. The van der Waals surface area contributed by atoms with Crippen LogP contribution in [0.3, 0.4) is 0 Å². The van der Waals surface area contributed by atoms with Gasteiger partial charge in [-0.1, -0.05) is 27.9 Å². The van der Waals surface area contributed by atoms with E-state index in [4.69, 9.17) is 15.9 Å². The van der Waals surface area contributed by atoms with E-state index in [0.717, 1.165) is 6.07 Å². The summed E-state index contributed by atoms with van der Waals surface area (Å²) in [6, 6.07) is 8.72. The molecule has 0 saturated heterocycles. The van der Waals surface area contributed by atoms with E-state index in [9.17, 15) is 14.9 Å². The van der Waals surface area contributed by atoms with Crippen molar-refractivity contribution in [2.75, 3.05) is 13.7 Å². The molecule has 0 aliphatic heterocycles. The van der Waals surface area contributed by atoms with Crippen molar-refractivity contribution in [1.29, 1.82) is 0 Å². The molecule has 27 heavy (non-hydrogen) atoms. The van der Waals surface area contributed by atoms with Crippen LogP contribution in [0.5, 0.6) is 11.5 Å². The Kier molecular flexibility index (Phi) is 6.91. The summed E-state index contributed by atoms with van der Waals surface area (Å²) in [5.74, 6) is 2.57. The average Bonchev–Trinajstić information content (AvgIpc) is 2.66. The Hall–Kier alpha value is -3.38. The van der Waals surface area contributed by atoms with Gasteiger partial charge in [0.2, 0.25) is 0 Å². The van der Waals surface area contributed by atoms with Crippen LogP contribution in [0.4, 0.5) is 5.69 Å². The fourth-order valence-corrected chi connectivity index (χ4v) is 2.54. The molecule has 2 aromatic rings. The molecule has 0 atom stereocenters. The smallest absolute Gasteiger partial charge is 0.271 e. The summed E-state index contributed by atoms with van der Waals surface area (Å²) in [4.78, 5) is 22.3. The number of hydrogen-bond donors (Lipinski definition) is 1. The predicted molar refractivity (Wildman–Crippen MR) is 103 cm³/mol. The highest BCUT2D eigenvalue weighted by Gasteiger charge is 2.13. The average molecular weight is 432 g/mol. The largest absolute Gasteiger partial charge is 0.493 e. The van der Waals surface area contributed by atoms with Gasteiger partial charge in [-0.25, -0.2) is 5.43 Å². The summed E-state index contributed by atoms with van der Waals surface area (Å²) in [5, 5.41) is 14.7. The zero-order chi connectivity index (χ0) is 19.8. The molecule has 9 heteroatoms. The maximum Gasteiger partial charge on any atom is 0.271 e. The molecule has 0 heterocycles. The number of carbonyl (C=O) groups excluding carboxylic acids is 1. The number of hydrogen-bond acceptors (Lipinski definition) is 6. The molecule has 138 valence electrons. The van der Waals surface area contributed by atoms with E-state index in [1.807, 2.05) is 0 Å². The van der Waals surface area contributed by atoms with Gasteiger partial charge >= 0.3 is 0 Å². The molecule has 0 aromatic heterocycles. The summed E-state index contributed by atoms with van der Waals surface area (Å²) >= 11 is 3.35. The molecule has 2 rings (SSSR count). The van der Waals surface area contributed by atoms with Crippen molar-refractivity contribution in [3.8, 4) is 23.8 Å². The van der Waals surface area contributed by atoms with E-state index in [0.29, 0.717) is 21.5 Å². The van der Waals surface area contributed by atoms with Crippen LogP contribution >= 0.6 is 15.9 Å². The van der Waals surface area contributed by atoms with E-state index in [2.05, 4.69) is 32.4 Å². The highest BCUT2D eigenvalue weighted by Crippen LogP contribution is 2.34. The Balaban J connectivity index is 2.21. The van der Waals surface area contributed by atoms with E-state index in [1.54, 1.807) is 12.1 Å². The molecule has 0 radical (unpaired) electrons. The molecule has 1 amide bonds. The quantitative estimate of drug-likeness (QED) is 0.314. The number of nitrogens with zero attached hydrogens (tertiary/aromatic N) is 2. The number of nitro benzene ring substituents is 1. The number of halogens is 1. The molecule has 1 N–H and O–H groups in total. The zero-order valence-corrected chi connectivity index (χ0v) is 15.7. The van der Waals surface area contributed by atoms with E-state index in [-0.39, 0.29) is 17.9 Å². The van der Waals surface area contributed by atoms with Crippen LogP contribution in [0, 0.1) is 22.5 Å². The van der Waals surface area contributed by atoms with Crippen molar-refractivity contribution >= 4 is 33.7 Å². The van der Waals surface area contributed by atoms with Crippen LogP contribution in [0.1, 0.15) is 15.9 Å². The van der Waals surface area contributed by atoms with E-state index >= 15 is 0 Å². The maximum absolute atomic E-state index is 12.1. The van der Waals surface area contributed by atoms with E-state index in [1.165, 1.54) is 31.5 Å². The molecule has 0 aliphatic carbocycles. The fraction of sp³-hybridized carbons (Fsp3) is 0.111. The number of benzene rings is 2. The minimum atomic E-state index is -0.594. The third-order valence-electron chi connectivity index (χ3n) is 3.26. The second-order valence-electron chi connectivity index (χ2n) is 5.03. The lowest BCUT2D eigenvalue weighted by Crippen LogP contribution is -2.17. The molecule has 0 saturated carbocycles. The molecule has 8 nitrogen and oxygen atoms in total. The van der Waals surface area contributed by atoms with E-state index < -0.39 is 10.8 Å². The van der Waals surface area contributed by atoms with Gasteiger partial charge in [-0.15, -0.1) is 6.42 Å². The van der Waals surface area contributed by atoms with Crippen molar-refractivity contribution in [3.05, 3.63) is 62.1 Å². The second kappa shape index (κ2) is 9.35. The lowest BCUT2D eigenvalue weighted by molar-refractivity contribution is -0.384. The van der Waals surface area contributed by atoms with Crippen LogP contribution in [0.25, 0.3) is 0 Å². The van der Waals surface area contributed by atoms with Gasteiger partial charge in [0.05, 0.1) is 18.2 Å². The van der Waals surface area contributed by atoms with Crippen molar-refractivity contribution in [2.45, 2.75) is 0 Å². The van der Waals surface area contributed by atoms with Gasteiger partial charge in [-0.05, 0) is 18.2 Å². The van der Waals surface area contributed by atoms with Crippen molar-refractivity contribution in [3.63, 3.8) is 0 Å². The Labute approximate surface area is 163 Å². The summed E-state index contributed by atoms with van der Waals surface area (Å²) in [6.07, 6.45) is 6.58. The molecule has 0 spiro atoms. The molecule has 0 fully saturated rings. The summed E-state index contributed by atoms with van der Waals surface area (Å²) in [6.45, 7) is 0.0267. The Morgan fingerprint density at radius 1 is 1.44 bits per heavy atom. The highest BCUT2D eigenvalue weighted by molar-refractivity contribution is 9.10. The normalized spacial score (nSPS) is 10.3. The first kappa shape index (κ1) is 19.9. The lowest BCUT2D eigenvalue weighted by atomic mass is 10.2. The number of rotatable bonds is 7. The standard InChI is InChI=1S/C18H14BrN3O5/c1-3-7-27-17-13(8-14(19)10-16(17)26-2)11-20-21-18(23)12-5-4-6-15(9-12)22(24)25/h1,4-6,8-11H,7H2,2H3,(H,21,23)/b20-11-. The summed E-state index contributed by atoms with van der Waals surface area (Å²) in [5.41, 5.74) is 2.74. The highest BCUT2D eigenvalue weighted by atomic mass is 79.9. The number of nitrogens with one attached hydrogen (secondary N) is 1. The van der Waals surface area contributed by atoms with Crippen LogP contribution < -0.4 is 14.9 Å². The number of carbonyl (C=O) groups is 1. The third-order valence-corrected chi connectivity index (χ3v) is 3.71. The third kappa shape index (κ3) is 5.29. The number of non-ortho nitro benzene ring substituents is 1. The Morgan fingerprint density at radius 3 is 2.89 bits per heavy atom. The van der Waals surface area contributed by atoms with Crippen LogP contribution in [-0.4, -0.2) is 30.8 Å². The van der Waals surface area contributed by atoms with Gasteiger partial charge in [0.25, 0.3) is 11.6 Å². The van der Waals surface area contributed by atoms with Crippen LogP contribution in [0.15, 0.2) is 46.0 Å². The fourth-order valence-electron chi connectivity index (χ4n) is 2.09. The number of nitro groups is 1. The second-order valence-corrected chi connectivity index (χ2v) is 5.94. The lowest BCUT2D eigenvalue weighted by Gasteiger charge is -2.12. The maximum atomic E-state index is 12.1. The molecular formula is C18H14BrN3O5. The van der Waals surface area contributed by atoms with Crippen molar-refractivity contribution in [1.82, 2.24) is 5.43 Å². The first-order valence-electron chi connectivity index (χ1n) is 7.48. The minimum absolute atomic E-state index is 0.0267. The van der Waals surface area contributed by atoms with Crippen LogP contribution in [0.2, 0.25) is 0 Å². The van der Waals surface area contributed by atoms with Crippen molar-refractivity contribution < 1.29 is 19.2 Å². The van der Waals surface area contributed by atoms with Crippen LogP contribution in [-0.2, 0) is 0 Å². The van der Waals surface area contributed by atoms with Gasteiger partial charge < -0.3 is 9.47 Å². The first-order chi connectivity index (χ1) is 13.0. The molecule has 0 unspecified atom stereocenters. The zero-order valence-electron chi connectivity index (χ0n) is 14.1. The van der Waals surface area contributed by atoms with Gasteiger partial charge in [0, 0.05) is 27.7 Å². The van der Waals surface area contributed by atoms with Gasteiger partial charge in [-0.2, -0.15) is 5.10 Å². The summed E-state index contributed by atoms with van der Waals surface area (Å²) in [7, 11) is 1.48. The monoisotopic (exact) mass is 431 g/mol. The Bertz CT molecular complexity index is 937. The number of ether oxygens (including phenoxy) is 2. The first-order valence-corrected chi connectivity index (χ1v) is 8.27.